The number of hydrogen-bond acceptors (Lipinski definition) is 7. The van der Waals surface area contributed by atoms with Gasteiger partial charge in [0.2, 0.25) is 26.0 Å². The number of nitrogens with zero attached hydrogens (tertiary/aromatic N) is 2. The summed E-state index contributed by atoms with van der Waals surface area (Å²) in [6.07, 6.45) is 0.398. The van der Waals surface area contributed by atoms with Gasteiger partial charge in [0, 0.05) is 45.3 Å². The maximum atomic E-state index is 13.2. The molecule has 2 N–H and O–H groups in total. The zero-order valence-corrected chi connectivity index (χ0v) is 23.8. The molecule has 1 aliphatic rings. The highest BCUT2D eigenvalue weighted by Crippen LogP contribution is 2.32. The summed E-state index contributed by atoms with van der Waals surface area (Å²) in [7, 11) is -6.12. The van der Waals surface area contributed by atoms with Gasteiger partial charge in [0.15, 0.2) is 0 Å². The molecule has 0 spiro atoms. The smallest absolute Gasteiger partial charge is 0.243 e. The highest BCUT2D eigenvalue weighted by molar-refractivity contribution is 7.89. The highest BCUT2D eigenvalue weighted by atomic mass is 32.2. The van der Waals surface area contributed by atoms with Crippen molar-refractivity contribution in [2.24, 2.45) is 0 Å². The van der Waals surface area contributed by atoms with Gasteiger partial charge in [-0.2, -0.15) is 4.31 Å². The SMILES string of the molecule is COc1ccc(S(=O)(=O)NCCc2ccc(F)cc2)cc1N1CCN(S(=O)(=O)c2ccc(NC(C)=O)cc2)CC1. The lowest BCUT2D eigenvalue weighted by atomic mass is 10.1. The monoisotopic (exact) mass is 590 g/mol. The van der Waals surface area contributed by atoms with Crippen molar-refractivity contribution in [3.8, 4) is 5.75 Å². The minimum absolute atomic E-state index is 0.0525. The number of amides is 1. The van der Waals surface area contributed by atoms with Crippen LogP contribution in [0.1, 0.15) is 12.5 Å². The number of halogens is 1. The molecule has 13 heteroatoms. The van der Waals surface area contributed by atoms with Crippen LogP contribution < -0.4 is 19.7 Å². The summed E-state index contributed by atoms with van der Waals surface area (Å²) in [4.78, 5) is 13.3. The predicted octanol–water partition coefficient (Wildman–Crippen LogP) is 2.82. The molecule has 0 unspecified atom stereocenters. The Morgan fingerprint density at radius 1 is 0.900 bits per heavy atom. The second kappa shape index (κ2) is 12.3. The number of sulfonamides is 2. The highest BCUT2D eigenvalue weighted by Gasteiger charge is 2.30. The average Bonchev–Trinajstić information content (AvgIpc) is 2.94. The maximum absolute atomic E-state index is 13.2. The van der Waals surface area contributed by atoms with E-state index in [0.717, 1.165) is 5.56 Å². The molecule has 0 saturated carbocycles. The fraction of sp³-hybridized carbons (Fsp3) is 0.296. The van der Waals surface area contributed by atoms with Crippen LogP contribution in [0, 0.1) is 5.82 Å². The van der Waals surface area contributed by atoms with Crippen molar-refractivity contribution in [2.45, 2.75) is 23.1 Å². The third kappa shape index (κ3) is 6.97. The van der Waals surface area contributed by atoms with E-state index in [1.165, 1.54) is 66.9 Å². The zero-order valence-electron chi connectivity index (χ0n) is 22.1. The largest absolute Gasteiger partial charge is 0.495 e. The molecule has 4 rings (SSSR count). The molecule has 1 amide bonds. The molecule has 214 valence electrons. The lowest BCUT2D eigenvalue weighted by Crippen LogP contribution is -2.48. The number of hydrogen-bond donors (Lipinski definition) is 2. The lowest BCUT2D eigenvalue weighted by molar-refractivity contribution is -0.114. The minimum Gasteiger partial charge on any atom is -0.495 e. The van der Waals surface area contributed by atoms with Crippen LogP contribution in [0.2, 0.25) is 0 Å². The van der Waals surface area contributed by atoms with E-state index in [1.807, 2.05) is 4.90 Å². The molecule has 10 nitrogen and oxygen atoms in total. The summed E-state index contributed by atoms with van der Waals surface area (Å²) < 4.78 is 74.9. The second-order valence-corrected chi connectivity index (χ2v) is 12.9. The third-order valence-electron chi connectivity index (χ3n) is 6.47. The van der Waals surface area contributed by atoms with Gasteiger partial charge >= 0.3 is 0 Å². The number of carbonyl (C=O) groups excluding carboxylic acids is 1. The number of nitrogens with one attached hydrogen (secondary N) is 2. The second-order valence-electron chi connectivity index (χ2n) is 9.20. The van der Waals surface area contributed by atoms with Crippen LogP contribution in [-0.4, -0.2) is 66.9 Å². The van der Waals surface area contributed by atoms with Gasteiger partial charge in [-0.05, 0) is 66.6 Å². The molecular formula is C27H31FN4O6S2. The summed E-state index contributed by atoms with van der Waals surface area (Å²) in [6.45, 7) is 2.52. The fourth-order valence-electron chi connectivity index (χ4n) is 4.38. The van der Waals surface area contributed by atoms with Crippen molar-refractivity contribution in [1.29, 1.82) is 0 Å². The maximum Gasteiger partial charge on any atom is 0.243 e. The normalized spacial score (nSPS) is 14.6. The Balaban J connectivity index is 1.43. The summed E-state index contributed by atoms with van der Waals surface area (Å²) >= 11 is 0. The van der Waals surface area contributed by atoms with E-state index in [9.17, 15) is 26.0 Å². The van der Waals surface area contributed by atoms with E-state index in [-0.39, 0.29) is 41.1 Å². The number of ether oxygens (including phenoxy) is 1. The molecule has 1 aliphatic heterocycles. The number of rotatable bonds is 10. The van der Waals surface area contributed by atoms with Gasteiger partial charge in [-0.1, -0.05) is 12.1 Å². The van der Waals surface area contributed by atoms with E-state index < -0.39 is 20.0 Å². The Morgan fingerprint density at radius 2 is 1.52 bits per heavy atom. The zero-order chi connectivity index (χ0) is 28.9. The quantitative estimate of drug-likeness (QED) is 0.372. The number of benzene rings is 3. The summed E-state index contributed by atoms with van der Waals surface area (Å²) in [5, 5.41) is 2.61. The van der Waals surface area contributed by atoms with Gasteiger partial charge < -0.3 is 15.0 Å². The van der Waals surface area contributed by atoms with Gasteiger partial charge in [-0.25, -0.2) is 25.9 Å². The van der Waals surface area contributed by atoms with Gasteiger partial charge in [0.05, 0.1) is 22.6 Å². The van der Waals surface area contributed by atoms with Gasteiger partial charge in [0.1, 0.15) is 11.6 Å². The Labute approximate surface area is 233 Å². The van der Waals surface area contributed by atoms with Crippen LogP contribution in [0.15, 0.2) is 76.5 Å². The molecule has 1 fully saturated rings. The van der Waals surface area contributed by atoms with Gasteiger partial charge in [-0.15, -0.1) is 0 Å². The summed E-state index contributed by atoms with van der Waals surface area (Å²) in [5.74, 6) is -0.138. The Bertz CT molecular complexity index is 1560. The summed E-state index contributed by atoms with van der Waals surface area (Å²) in [5.41, 5.74) is 1.85. The van der Waals surface area contributed by atoms with Crippen molar-refractivity contribution < 1.29 is 30.8 Å². The minimum atomic E-state index is -3.84. The molecule has 0 radical (unpaired) electrons. The van der Waals surface area contributed by atoms with Crippen molar-refractivity contribution in [1.82, 2.24) is 9.03 Å². The predicted molar refractivity (Wildman–Crippen MR) is 150 cm³/mol. The van der Waals surface area contributed by atoms with Crippen molar-refractivity contribution in [3.63, 3.8) is 0 Å². The molecule has 0 aromatic heterocycles. The Morgan fingerprint density at radius 3 is 2.12 bits per heavy atom. The first-order valence-electron chi connectivity index (χ1n) is 12.5. The molecular weight excluding hydrogens is 559 g/mol. The average molecular weight is 591 g/mol. The van der Waals surface area contributed by atoms with Crippen molar-refractivity contribution in [2.75, 3.05) is 50.1 Å². The fourth-order valence-corrected chi connectivity index (χ4v) is 6.85. The van der Waals surface area contributed by atoms with Gasteiger partial charge in [-0.3, -0.25) is 4.79 Å². The van der Waals surface area contributed by atoms with Crippen molar-refractivity contribution in [3.05, 3.63) is 78.1 Å². The van der Waals surface area contributed by atoms with E-state index in [1.54, 1.807) is 18.2 Å². The number of carbonyl (C=O) groups is 1. The van der Waals surface area contributed by atoms with E-state index in [0.29, 0.717) is 36.6 Å². The van der Waals surface area contributed by atoms with E-state index in [4.69, 9.17) is 4.74 Å². The van der Waals surface area contributed by atoms with Crippen LogP contribution >= 0.6 is 0 Å². The van der Waals surface area contributed by atoms with Gasteiger partial charge in [0.25, 0.3) is 0 Å². The Hall–Kier alpha value is -3.52. The van der Waals surface area contributed by atoms with Crippen LogP contribution in [0.5, 0.6) is 5.75 Å². The molecule has 3 aromatic carbocycles. The number of piperazine rings is 1. The first-order valence-corrected chi connectivity index (χ1v) is 15.5. The molecule has 0 atom stereocenters. The Kier molecular flexibility index (Phi) is 9.08. The standard InChI is InChI=1S/C27H31FN4O6S2/c1-20(33)30-23-7-9-24(10-8-23)40(36,37)32-17-15-31(16-18-32)26-19-25(11-12-27(26)38-2)39(34,35)29-14-13-21-3-5-22(28)6-4-21/h3-12,19,29H,13-18H2,1-2H3,(H,30,33). The molecule has 1 saturated heterocycles. The molecule has 0 bridgehead atoms. The topological polar surface area (TPSA) is 125 Å². The van der Waals surface area contributed by atoms with Crippen molar-refractivity contribution >= 4 is 37.3 Å². The molecule has 3 aromatic rings. The van der Waals surface area contributed by atoms with Crippen LogP contribution in [-0.2, 0) is 31.3 Å². The summed E-state index contributed by atoms with van der Waals surface area (Å²) in [6, 6.07) is 16.4. The first-order chi connectivity index (χ1) is 19.0. The lowest BCUT2D eigenvalue weighted by Gasteiger charge is -2.36. The first kappa shape index (κ1) is 29.5. The van der Waals surface area contributed by atoms with E-state index >= 15 is 0 Å². The van der Waals surface area contributed by atoms with E-state index in [2.05, 4.69) is 10.0 Å². The third-order valence-corrected chi connectivity index (χ3v) is 9.84. The van der Waals surface area contributed by atoms with Crippen LogP contribution in [0.3, 0.4) is 0 Å². The number of methoxy groups -OCH3 is 1. The molecule has 40 heavy (non-hydrogen) atoms. The van der Waals surface area contributed by atoms with Crippen LogP contribution in [0.4, 0.5) is 15.8 Å². The molecule has 0 aliphatic carbocycles. The molecule has 1 heterocycles. The van der Waals surface area contributed by atoms with Crippen LogP contribution in [0.25, 0.3) is 0 Å². The number of anilines is 2.